The van der Waals surface area contributed by atoms with Gasteiger partial charge in [0.2, 0.25) is 0 Å². The third kappa shape index (κ3) is 3.68. The van der Waals surface area contributed by atoms with Crippen LogP contribution in [0.2, 0.25) is 0 Å². The van der Waals surface area contributed by atoms with Crippen molar-refractivity contribution in [3.63, 3.8) is 0 Å². The molecule has 1 atom stereocenters. The molecule has 1 aliphatic heterocycles. The molecular formula is C15H21FN2O2S. The minimum absolute atomic E-state index is 0.176. The summed E-state index contributed by atoms with van der Waals surface area (Å²) in [5.41, 5.74) is 6.77. The Balaban J connectivity index is 2.24. The Morgan fingerprint density at radius 3 is 2.90 bits per heavy atom. The average molecular weight is 312 g/mol. The van der Waals surface area contributed by atoms with Crippen LogP contribution in [0.4, 0.5) is 10.1 Å². The van der Waals surface area contributed by atoms with E-state index in [-0.39, 0.29) is 11.9 Å². The first-order valence-electron chi connectivity index (χ1n) is 6.98. The van der Waals surface area contributed by atoms with Crippen LogP contribution in [0.15, 0.2) is 12.1 Å². The van der Waals surface area contributed by atoms with E-state index in [0.29, 0.717) is 30.0 Å². The molecule has 1 aromatic carbocycles. The number of carbonyl (C=O) groups excluding carboxylic acids is 1. The van der Waals surface area contributed by atoms with Gasteiger partial charge in [0.15, 0.2) is 0 Å². The second kappa shape index (κ2) is 7.13. The summed E-state index contributed by atoms with van der Waals surface area (Å²) in [4.78, 5) is 14.5. The zero-order chi connectivity index (χ0) is 15.4. The largest absolute Gasteiger partial charge is 0.398 e. The van der Waals surface area contributed by atoms with E-state index in [9.17, 15) is 9.18 Å². The van der Waals surface area contributed by atoms with Crippen LogP contribution in [0.3, 0.4) is 0 Å². The normalized spacial score (nSPS) is 18.0. The second-order valence-corrected chi connectivity index (χ2v) is 6.33. The van der Waals surface area contributed by atoms with Gasteiger partial charge in [-0.1, -0.05) is 0 Å². The zero-order valence-corrected chi connectivity index (χ0v) is 13.2. The highest BCUT2D eigenvalue weighted by atomic mass is 32.2. The number of hydrogen-bond donors (Lipinski definition) is 1. The van der Waals surface area contributed by atoms with Gasteiger partial charge in [-0.15, -0.1) is 0 Å². The Bertz CT molecular complexity index is 495. The molecule has 1 aliphatic rings. The number of nitrogens with zero attached hydrogens (tertiary/aromatic N) is 1. The molecule has 2 rings (SSSR count). The Morgan fingerprint density at radius 2 is 2.33 bits per heavy atom. The molecular weight excluding hydrogens is 291 g/mol. The minimum atomic E-state index is -0.439. The summed E-state index contributed by atoms with van der Waals surface area (Å²) in [5.74, 6) is 1.35. The van der Waals surface area contributed by atoms with E-state index in [2.05, 4.69) is 0 Å². The third-order valence-electron chi connectivity index (χ3n) is 3.78. The Kier molecular flexibility index (Phi) is 5.47. The number of anilines is 1. The van der Waals surface area contributed by atoms with Crippen molar-refractivity contribution in [2.45, 2.75) is 19.4 Å². The summed E-state index contributed by atoms with van der Waals surface area (Å²) >= 11 is 1.83. The van der Waals surface area contributed by atoms with Crippen molar-refractivity contribution < 1.29 is 13.9 Å². The molecule has 1 heterocycles. The number of rotatable bonds is 5. The molecule has 1 fully saturated rings. The lowest BCUT2D eigenvalue weighted by Crippen LogP contribution is -2.42. The lowest BCUT2D eigenvalue weighted by atomic mass is 10.1. The molecule has 0 bridgehead atoms. The monoisotopic (exact) mass is 312 g/mol. The van der Waals surface area contributed by atoms with Crippen molar-refractivity contribution in [3.8, 4) is 0 Å². The molecule has 1 unspecified atom stereocenters. The smallest absolute Gasteiger partial charge is 0.254 e. The van der Waals surface area contributed by atoms with Crippen LogP contribution in [0.5, 0.6) is 0 Å². The molecule has 0 aliphatic carbocycles. The standard InChI is InChI=1S/C15H21FN2O2S/c1-10-13(16)7-11(8-14(10)17)15(19)18(4-5-20-2)12-3-6-21-9-12/h7-8,12H,3-6,9,17H2,1-2H3. The predicted molar refractivity (Wildman–Crippen MR) is 84.2 cm³/mol. The van der Waals surface area contributed by atoms with Crippen LogP contribution >= 0.6 is 11.8 Å². The first-order valence-corrected chi connectivity index (χ1v) is 8.13. The second-order valence-electron chi connectivity index (χ2n) is 5.18. The van der Waals surface area contributed by atoms with E-state index in [0.717, 1.165) is 17.9 Å². The summed E-state index contributed by atoms with van der Waals surface area (Å²) in [6, 6.07) is 3.02. The van der Waals surface area contributed by atoms with Crippen molar-refractivity contribution in [1.29, 1.82) is 0 Å². The molecule has 4 nitrogen and oxygen atoms in total. The summed E-state index contributed by atoms with van der Waals surface area (Å²) in [6.45, 7) is 2.59. The van der Waals surface area contributed by atoms with Gasteiger partial charge < -0.3 is 15.4 Å². The number of ether oxygens (including phenoxy) is 1. The predicted octanol–water partition coefficient (Wildman–Crippen LogP) is 2.31. The molecule has 1 saturated heterocycles. The van der Waals surface area contributed by atoms with E-state index in [4.69, 9.17) is 10.5 Å². The zero-order valence-electron chi connectivity index (χ0n) is 12.4. The number of thioether (sulfide) groups is 1. The quantitative estimate of drug-likeness (QED) is 0.848. The SMILES string of the molecule is COCCN(C(=O)c1cc(N)c(C)c(F)c1)C1CCSC1. The van der Waals surface area contributed by atoms with Gasteiger partial charge in [-0.25, -0.2) is 4.39 Å². The van der Waals surface area contributed by atoms with Crippen LogP contribution in [0, 0.1) is 12.7 Å². The van der Waals surface area contributed by atoms with Gasteiger partial charge in [0.25, 0.3) is 5.91 Å². The highest BCUT2D eigenvalue weighted by Gasteiger charge is 2.28. The molecule has 116 valence electrons. The van der Waals surface area contributed by atoms with Gasteiger partial charge in [-0.05, 0) is 31.2 Å². The molecule has 1 amide bonds. The lowest BCUT2D eigenvalue weighted by molar-refractivity contribution is 0.0624. The molecule has 1 aromatic rings. The number of benzene rings is 1. The molecule has 21 heavy (non-hydrogen) atoms. The van der Waals surface area contributed by atoms with Crippen LogP contribution in [-0.2, 0) is 4.74 Å². The van der Waals surface area contributed by atoms with Gasteiger partial charge in [-0.3, -0.25) is 4.79 Å². The molecule has 6 heteroatoms. The van der Waals surface area contributed by atoms with Gasteiger partial charge in [0.05, 0.1) is 6.61 Å². The number of methoxy groups -OCH3 is 1. The molecule has 0 spiro atoms. The van der Waals surface area contributed by atoms with Crippen molar-refractivity contribution in [2.75, 3.05) is 37.5 Å². The molecule has 0 saturated carbocycles. The lowest BCUT2D eigenvalue weighted by Gasteiger charge is -2.28. The van der Waals surface area contributed by atoms with Crippen molar-refractivity contribution in [2.24, 2.45) is 0 Å². The van der Waals surface area contributed by atoms with Crippen LogP contribution < -0.4 is 5.73 Å². The number of hydrogen-bond acceptors (Lipinski definition) is 4. The van der Waals surface area contributed by atoms with Crippen LogP contribution in [0.25, 0.3) is 0 Å². The van der Waals surface area contributed by atoms with Gasteiger partial charge in [0, 0.05) is 42.3 Å². The highest BCUT2D eigenvalue weighted by Crippen LogP contribution is 2.25. The average Bonchev–Trinajstić information content (AvgIpc) is 2.98. The van der Waals surface area contributed by atoms with E-state index >= 15 is 0 Å². The van der Waals surface area contributed by atoms with Gasteiger partial charge in [0.1, 0.15) is 5.82 Å². The Hall–Kier alpha value is -1.27. The van der Waals surface area contributed by atoms with Crippen molar-refractivity contribution >= 4 is 23.4 Å². The Morgan fingerprint density at radius 1 is 1.57 bits per heavy atom. The van der Waals surface area contributed by atoms with Crippen LogP contribution in [-0.4, -0.2) is 48.6 Å². The highest BCUT2D eigenvalue weighted by molar-refractivity contribution is 7.99. The van der Waals surface area contributed by atoms with E-state index in [1.165, 1.54) is 6.07 Å². The van der Waals surface area contributed by atoms with E-state index in [1.807, 2.05) is 11.8 Å². The van der Waals surface area contributed by atoms with Gasteiger partial charge >= 0.3 is 0 Å². The Labute approximate surface area is 128 Å². The molecule has 0 aromatic heterocycles. The van der Waals surface area contributed by atoms with Gasteiger partial charge in [-0.2, -0.15) is 11.8 Å². The summed E-state index contributed by atoms with van der Waals surface area (Å²) in [6.07, 6.45) is 0.962. The van der Waals surface area contributed by atoms with E-state index in [1.54, 1.807) is 25.0 Å². The first kappa shape index (κ1) is 16.1. The fourth-order valence-electron chi connectivity index (χ4n) is 2.40. The summed E-state index contributed by atoms with van der Waals surface area (Å²) in [7, 11) is 1.61. The fraction of sp³-hybridized carbons (Fsp3) is 0.533. The minimum Gasteiger partial charge on any atom is -0.398 e. The number of nitrogen functional groups attached to an aromatic ring is 1. The number of halogens is 1. The van der Waals surface area contributed by atoms with Crippen LogP contribution in [0.1, 0.15) is 22.3 Å². The topological polar surface area (TPSA) is 55.6 Å². The van der Waals surface area contributed by atoms with Crippen molar-refractivity contribution in [1.82, 2.24) is 4.90 Å². The van der Waals surface area contributed by atoms with Crippen molar-refractivity contribution in [3.05, 3.63) is 29.1 Å². The molecule has 2 N–H and O–H groups in total. The number of amides is 1. The maximum atomic E-state index is 13.8. The molecule has 0 radical (unpaired) electrons. The first-order chi connectivity index (χ1) is 10.0. The summed E-state index contributed by atoms with van der Waals surface area (Å²) < 4.78 is 18.9. The number of nitrogens with two attached hydrogens (primary N) is 1. The third-order valence-corrected chi connectivity index (χ3v) is 4.92. The van der Waals surface area contributed by atoms with E-state index < -0.39 is 5.82 Å². The maximum Gasteiger partial charge on any atom is 0.254 e. The fourth-order valence-corrected chi connectivity index (χ4v) is 3.62. The summed E-state index contributed by atoms with van der Waals surface area (Å²) in [5, 5.41) is 0. The maximum absolute atomic E-state index is 13.8. The number of carbonyl (C=O) groups is 1.